The van der Waals surface area contributed by atoms with Gasteiger partial charge in [0.1, 0.15) is 9.79 Å². The Bertz CT molecular complexity index is 2920. The monoisotopic (exact) mass is 1050 g/mol. The van der Waals surface area contributed by atoms with Crippen LogP contribution < -0.4 is 20.5 Å². The minimum atomic E-state index is -3.94. The van der Waals surface area contributed by atoms with E-state index >= 15 is 0 Å². The predicted octanol–water partition coefficient (Wildman–Crippen LogP) is 5.25. The lowest BCUT2D eigenvalue weighted by atomic mass is 10.1. The Morgan fingerprint density at radius 2 is 1.23 bits per heavy atom. The zero-order chi connectivity index (χ0) is 46.2. The number of anilines is 3. The van der Waals surface area contributed by atoms with Crippen molar-refractivity contribution in [1.82, 2.24) is 28.5 Å². The number of methoxy groups -OCH3 is 2. The van der Waals surface area contributed by atoms with Crippen LogP contribution in [-0.4, -0.2) is 134 Å². The molecule has 2 aliphatic heterocycles. The molecule has 8 rings (SSSR count). The van der Waals surface area contributed by atoms with Gasteiger partial charge in [-0.1, -0.05) is 31.9 Å². The molecule has 0 bridgehead atoms. The summed E-state index contributed by atoms with van der Waals surface area (Å²) in [5.41, 5.74) is 6.61. The number of nitrogens with one attached hydrogen (secondary N) is 1. The maximum absolute atomic E-state index is 13.5. The minimum absolute atomic E-state index is 0.0721. The molecule has 0 amide bonds. The Hall–Kier alpha value is -5.60. The first-order valence-corrected chi connectivity index (χ1v) is 23.4. The van der Waals surface area contributed by atoms with Gasteiger partial charge in [-0.25, -0.2) is 36.4 Å². The standard InChI is InChI=1S/C20H19BrN4O6S.C13H13BrN2O3S.C7H8N2O3/c1-30-17-5-4-15(19(24-17)20(26)27)23-18-13-10-12(21)2-3-14(13)22-11-16(18)32(28,29)25-6-8-31-9-7-25;14-11-1-2-13-10(7-11)8-12(9-15-13)20(17,18)16-3-5-19-6-4-16;1-12-5-3-2-4(8)6(9-5)7(10)11/h2-5,10-11H,6-9H2,1H3,(H,22,23)(H,26,27);1-2,7-9H,3-6H2;2-3H,8H2,1H3,(H,10,11). The second kappa shape index (κ2) is 20.9. The highest BCUT2D eigenvalue weighted by atomic mass is 79.9. The Morgan fingerprint density at radius 1 is 0.703 bits per heavy atom. The number of sulfonamides is 2. The van der Waals surface area contributed by atoms with E-state index in [2.05, 4.69) is 57.1 Å². The number of morpholine rings is 2. The van der Waals surface area contributed by atoms with Crippen LogP contribution in [0.5, 0.6) is 11.8 Å². The third kappa shape index (κ3) is 11.2. The average Bonchev–Trinajstić information content (AvgIpc) is 3.30. The van der Waals surface area contributed by atoms with Crippen LogP contribution in [0.3, 0.4) is 0 Å². The predicted molar refractivity (Wildman–Crippen MR) is 241 cm³/mol. The van der Waals surface area contributed by atoms with Crippen LogP contribution in [0.15, 0.2) is 97.9 Å². The van der Waals surface area contributed by atoms with Crippen molar-refractivity contribution in [3.63, 3.8) is 0 Å². The maximum atomic E-state index is 13.5. The van der Waals surface area contributed by atoms with E-state index in [9.17, 15) is 31.5 Å². The molecule has 0 atom stereocenters. The number of ether oxygens (including phenoxy) is 4. The number of hydrogen-bond donors (Lipinski definition) is 4. The minimum Gasteiger partial charge on any atom is -0.481 e. The molecule has 2 aromatic carbocycles. The fourth-order valence-corrected chi connectivity index (χ4v) is 9.89. The smallest absolute Gasteiger partial charge is 0.356 e. The van der Waals surface area contributed by atoms with E-state index in [1.165, 1.54) is 59.5 Å². The van der Waals surface area contributed by atoms with Gasteiger partial charge >= 0.3 is 11.9 Å². The molecule has 0 aliphatic carbocycles. The fraction of sp³-hybridized carbons (Fsp3) is 0.250. The topological polar surface area (TPSA) is 276 Å². The zero-order valence-corrected chi connectivity index (χ0v) is 38.8. The van der Waals surface area contributed by atoms with Gasteiger partial charge in [-0.05, 0) is 54.6 Å². The Balaban J connectivity index is 0.000000180. The molecule has 0 radical (unpaired) electrons. The van der Waals surface area contributed by atoms with E-state index in [1.54, 1.807) is 24.3 Å². The van der Waals surface area contributed by atoms with Crippen molar-refractivity contribution < 1.29 is 55.6 Å². The number of carboxylic acid groups (broad SMARTS) is 2. The van der Waals surface area contributed by atoms with Gasteiger partial charge in [-0.2, -0.15) is 8.61 Å². The second-order valence-electron chi connectivity index (χ2n) is 13.5. The fourth-order valence-electron chi connectivity index (χ4n) is 6.25. The summed E-state index contributed by atoms with van der Waals surface area (Å²) >= 11 is 6.79. The molecule has 0 saturated carbocycles. The van der Waals surface area contributed by atoms with Gasteiger partial charge in [0.05, 0.1) is 68.7 Å². The summed E-state index contributed by atoms with van der Waals surface area (Å²) in [5.74, 6) is -2.09. The van der Waals surface area contributed by atoms with Gasteiger partial charge in [0.2, 0.25) is 31.8 Å². The first kappa shape index (κ1) is 47.9. The number of pyridine rings is 4. The summed E-state index contributed by atoms with van der Waals surface area (Å²) in [5, 5.41) is 22.5. The molecular formula is C40H40Br2N8O12S2. The van der Waals surface area contributed by atoms with Crippen LogP contribution in [0, 0.1) is 0 Å². The van der Waals surface area contributed by atoms with E-state index < -0.39 is 32.0 Å². The van der Waals surface area contributed by atoms with Gasteiger partial charge in [0.15, 0.2) is 11.4 Å². The van der Waals surface area contributed by atoms with E-state index in [0.29, 0.717) is 54.9 Å². The lowest BCUT2D eigenvalue weighted by molar-refractivity contribution is 0.0680. The van der Waals surface area contributed by atoms with Gasteiger partial charge in [-0.3, -0.25) is 9.97 Å². The van der Waals surface area contributed by atoms with Gasteiger partial charge in [-0.15, -0.1) is 0 Å². The van der Waals surface area contributed by atoms with Crippen molar-refractivity contribution in [1.29, 1.82) is 0 Å². The molecule has 2 fully saturated rings. The number of carboxylic acids is 2. The maximum Gasteiger partial charge on any atom is 0.356 e. The van der Waals surface area contributed by atoms with E-state index in [-0.39, 0.29) is 63.1 Å². The first-order chi connectivity index (χ1) is 30.5. The molecule has 20 nitrogen and oxygen atoms in total. The highest BCUT2D eigenvalue weighted by Crippen LogP contribution is 2.36. The normalized spacial score (nSPS) is 14.7. The average molecular weight is 1050 g/mol. The molecule has 6 aromatic rings. The largest absolute Gasteiger partial charge is 0.481 e. The number of aromatic nitrogens is 4. The Labute approximate surface area is 383 Å². The Morgan fingerprint density at radius 3 is 1.83 bits per heavy atom. The van der Waals surface area contributed by atoms with Crippen molar-refractivity contribution in [2.45, 2.75) is 9.79 Å². The van der Waals surface area contributed by atoms with Crippen molar-refractivity contribution >= 4 is 103 Å². The quantitative estimate of drug-likeness (QED) is 0.136. The third-order valence-corrected chi connectivity index (χ3v) is 14.2. The van der Waals surface area contributed by atoms with Gasteiger partial charge in [0.25, 0.3) is 0 Å². The number of hydrogen-bond acceptors (Lipinski definition) is 16. The summed E-state index contributed by atoms with van der Waals surface area (Å²) in [6.45, 7) is 2.65. The number of nitrogen functional groups attached to an aromatic ring is 1. The van der Waals surface area contributed by atoms with Crippen LogP contribution in [0.25, 0.3) is 21.8 Å². The SMILES string of the molecule is COc1ccc(N)c(C(=O)O)n1.COc1ccc(Nc2c(S(=O)(=O)N3CCOCC3)cnc3ccc(Br)cc23)c(C(=O)O)n1.O=S(=O)(c1cnc2ccc(Br)cc2c1)N1CCOCC1. The van der Waals surface area contributed by atoms with Gasteiger partial charge in [0, 0.05) is 70.4 Å². The zero-order valence-electron chi connectivity index (χ0n) is 34.0. The number of aromatic carboxylic acids is 2. The lowest BCUT2D eigenvalue weighted by Gasteiger charge is -2.27. The summed E-state index contributed by atoms with van der Waals surface area (Å²) in [6.07, 6.45) is 2.70. The van der Waals surface area contributed by atoms with Crippen LogP contribution in [0.4, 0.5) is 17.1 Å². The molecule has 338 valence electrons. The molecule has 2 saturated heterocycles. The van der Waals surface area contributed by atoms with E-state index in [0.717, 1.165) is 15.4 Å². The van der Waals surface area contributed by atoms with Crippen molar-refractivity contribution in [2.24, 2.45) is 0 Å². The third-order valence-electron chi connectivity index (χ3n) is 9.46. The number of rotatable bonds is 10. The molecule has 64 heavy (non-hydrogen) atoms. The van der Waals surface area contributed by atoms with E-state index in [1.807, 2.05) is 18.2 Å². The van der Waals surface area contributed by atoms with Gasteiger partial charge < -0.3 is 40.2 Å². The molecular weight excluding hydrogens is 1010 g/mol. The lowest BCUT2D eigenvalue weighted by Crippen LogP contribution is -2.40. The van der Waals surface area contributed by atoms with Crippen LogP contribution in [-0.2, 0) is 29.5 Å². The molecule has 5 N–H and O–H groups in total. The Kier molecular flexibility index (Phi) is 15.7. The number of carbonyl (C=O) groups is 2. The summed E-state index contributed by atoms with van der Waals surface area (Å²) < 4.78 is 76.6. The highest BCUT2D eigenvalue weighted by Gasteiger charge is 2.31. The van der Waals surface area contributed by atoms with E-state index in [4.69, 9.17) is 29.8 Å². The molecule has 2 aliphatic rings. The summed E-state index contributed by atoms with van der Waals surface area (Å²) in [6, 6.07) is 18.4. The van der Waals surface area contributed by atoms with Crippen molar-refractivity contribution in [2.75, 3.05) is 77.9 Å². The molecule has 6 heterocycles. The number of nitrogens with two attached hydrogens (primary N) is 1. The van der Waals surface area contributed by atoms with Crippen LogP contribution >= 0.6 is 31.9 Å². The highest BCUT2D eigenvalue weighted by molar-refractivity contribution is 9.10. The van der Waals surface area contributed by atoms with Crippen LogP contribution in [0.2, 0.25) is 0 Å². The number of benzene rings is 2. The molecule has 0 spiro atoms. The van der Waals surface area contributed by atoms with Crippen LogP contribution in [0.1, 0.15) is 21.0 Å². The summed E-state index contributed by atoms with van der Waals surface area (Å²) in [7, 11) is -4.65. The molecule has 4 aromatic heterocycles. The first-order valence-electron chi connectivity index (χ1n) is 18.9. The molecule has 24 heteroatoms. The number of nitrogens with zero attached hydrogens (tertiary/aromatic N) is 6. The van der Waals surface area contributed by atoms with Crippen molar-refractivity contribution in [3.8, 4) is 11.8 Å². The van der Waals surface area contributed by atoms with Crippen molar-refractivity contribution in [3.05, 3.63) is 99.5 Å². The summed E-state index contributed by atoms with van der Waals surface area (Å²) in [4.78, 5) is 38.6. The number of halogens is 2. The second-order valence-corrected chi connectivity index (χ2v) is 19.2. The molecule has 0 unspecified atom stereocenters. The number of fused-ring (bicyclic) bond motifs is 2.